The van der Waals surface area contributed by atoms with E-state index in [9.17, 15) is 4.79 Å². The normalized spacial score (nSPS) is 15.7. The van der Waals surface area contributed by atoms with E-state index in [2.05, 4.69) is 56.6 Å². The molecule has 7 nitrogen and oxygen atoms in total. The minimum Gasteiger partial charge on any atom is -0.352 e. The first-order chi connectivity index (χ1) is 14.0. The number of hydrogen-bond acceptors (Lipinski definition) is 6. The highest BCUT2D eigenvalue weighted by atomic mass is 16.5. The number of nitrogens with zero attached hydrogens (tertiary/aromatic N) is 4. The Balaban J connectivity index is 1.34. The van der Waals surface area contributed by atoms with E-state index >= 15 is 0 Å². The number of hydrogen-bond donors (Lipinski definition) is 1. The van der Waals surface area contributed by atoms with Crippen molar-refractivity contribution in [3.63, 3.8) is 0 Å². The predicted molar refractivity (Wildman–Crippen MR) is 112 cm³/mol. The number of aryl methyl sites for hydroxylation is 1. The van der Waals surface area contributed by atoms with Crippen molar-refractivity contribution in [1.29, 1.82) is 0 Å². The third kappa shape index (κ3) is 6.94. The highest BCUT2D eigenvalue weighted by Gasteiger charge is 2.14. The van der Waals surface area contributed by atoms with Gasteiger partial charge in [-0.05, 0) is 24.6 Å². The molecule has 1 N–H and O–H groups in total. The van der Waals surface area contributed by atoms with Gasteiger partial charge < -0.3 is 14.7 Å². The molecule has 1 saturated heterocycles. The highest BCUT2D eigenvalue weighted by Crippen LogP contribution is 2.12. The molecule has 2 heterocycles. The molecule has 1 aliphatic heterocycles. The summed E-state index contributed by atoms with van der Waals surface area (Å²) in [6.07, 6.45) is 1.80. The van der Waals surface area contributed by atoms with Crippen molar-refractivity contribution in [2.75, 3.05) is 33.2 Å². The summed E-state index contributed by atoms with van der Waals surface area (Å²) in [5.74, 6) is 1.64. The standard InChI is InChI=1S/C22H33N5O2/c1-17(2)22-24-21(29-25-22)6-4-5-20(28)23-15-18-7-9-19(10-8-18)16-27-13-11-26(3)12-14-27/h7-10,17H,4-6,11-16H2,1-3H3,(H,23,28). The summed E-state index contributed by atoms with van der Waals surface area (Å²) in [6.45, 7) is 10.1. The molecule has 1 aromatic heterocycles. The summed E-state index contributed by atoms with van der Waals surface area (Å²) in [5.41, 5.74) is 2.45. The SMILES string of the molecule is CC(C)c1noc(CCCC(=O)NCc2ccc(CN3CCN(C)CC3)cc2)n1. The van der Waals surface area contributed by atoms with Crippen molar-refractivity contribution in [3.8, 4) is 0 Å². The van der Waals surface area contributed by atoms with Crippen molar-refractivity contribution in [3.05, 3.63) is 47.1 Å². The minimum atomic E-state index is 0.0510. The average Bonchev–Trinajstić information content (AvgIpc) is 3.18. The Kier molecular flexibility index (Phi) is 7.77. The van der Waals surface area contributed by atoms with Gasteiger partial charge in [0.05, 0.1) is 0 Å². The van der Waals surface area contributed by atoms with Crippen molar-refractivity contribution < 1.29 is 9.32 Å². The third-order valence-corrected chi connectivity index (χ3v) is 5.31. The summed E-state index contributed by atoms with van der Waals surface area (Å²) in [4.78, 5) is 21.3. The Morgan fingerprint density at radius 2 is 1.83 bits per heavy atom. The first kappa shape index (κ1) is 21.5. The van der Waals surface area contributed by atoms with E-state index in [-0.39, 0.29) is 11.8 Å². The Labute approximate surface area is 173 Å². The molecule has 1 fully saturated rings. The molecule has 2 aromatic rings. The number of piperazine rings is 1. The molecule has 3 rings (SSSR count). The molecule has 1 amide bonds. The maximum absolute atomic E-state index is 12.1. The van der Waals surface area contributed by atoms with E-state index in [0.717, 1.165) is 44.1 Å². The zero-order chi connectivity index (χ0) is 20.6. The average molecular weight is 400 g/mol. The van der Waals surface area contributed by atoms with E-state index in [1.165, 1.54) is 5.56 Å². The fraction of sp³-hybridized carbons (Fsp3) is 0.591. The number of aromatic nitrogens is 2. The second-order valence-electron chi connectivity index (χ2n) is 8.23. The third-order valence-electron chi connectivity index (χ3n) is 5.31. The van der Waals surface area contributed by atoms with Crippen LogP contribution >= 0.6 is 0 Å². The second kappa shape index (κ2) is 10.5. The Bertz CT molecular complexity index is 764. The van der Waals surface area contributed by atoms with Crippen LogP contribution in [0.3, 0.4) is 0 Å². The number of rotatable bonds is 9. The summed E-state index contributed by atoms with van der Waals surface area (Å²) in [6, 6.07) is 8.55. The van der Waals surface area contributed by atoms with Gasteiger partial charge in [-0.25, -0.2) is 0 Å². The first-order valence-electron chi connectivity index (χ1n) is 10.6. The molecule has 0 aliphatic carbocycles. The molecule has 1 aromatic carbocycles. The van der Waals surface area contributed by atoms with Gasteiger partial charge in [-0.15, -0.1) is 0 Å². The Morgan fingerprint density at radius 1 is 1.14 bits per heavy atom. The van der Waals surface area contributed by atoms with E-state index in [1.807, 2.05) is 13.8 Å². The molecule has 0 bridgehead atoms. The van der Waals surface area contributed by atoms with Crippen LogP contribution in [0.2, 0.25) is 0 Å². The lowest BCUT2D eigenvalue weighted by Crippen LogP contribution is -2.43. The summed E-state index contributed by atoms with van der Waals surface area (Å²) in [5, 5.41) is 6.94. The monoisotopic (exact) mass is 399 g/mol. The van der Waals surface area contributed by atoms with Gasteiger partial charge in [-0.2, -0.15) is 4.98 Å². The van der Waals surface area contributed by atoms with Crippen molar-refractivity contribution in [2.24, 2.45) is 0 Å². The Hall–Kier alpha value is -2.25. The number of likely N-dealkylation sites (N-methyl/N-ethyl adjacent to an activating group) is 1. The lowest BCUT2D eigenvalue weighted by atomic mass is 10.1. The van der Waals surface area contributed by atoms with Crippen LogP contribution in [-0.2, 0) is 24.3 Å². The summed E-state index contributed by atoms with van der Waals surface area (Å²) >= 11 is 0. The highest BCUT2D eigenvalue weighted by molar-refractivity contribution is 5.75. The molecular weight excluding hydrogens is 366 g/mol. The second-order valence-corrected chi connectivity index (χ2v) is 8.23. The van der Waals surface area contributed by atoms with Crippen LogP contribution < -0.4 is 5.32 Å². The van der Waals surface area contributed by atoms with Crippen LogP contribution in [0.25, 0.3) is 0 Å². The van der Waals surface area contributed by atoms with Gasteiger partial charge in [-0.3, -0.25) is 9.69 Å². The zero-order valence-electron chi connectivity index (χ0n) is 17.9. The molecule has 29 heavy (non-hydrogen) atoms. The van der Waals surface area contributed by atoms with Crippen LogP contribution in [0.5, 0.6) is 0 Å². The van der Waals surface area contributed by atoms with Crippen LogP contribution in [0, 0.1) is 0 Å². The van der Waals surface area contributed by atoms with E-state index in [4.69, 9.17) is 4.52 Å². The first-order valence-corrected chi connectivity index (χ1v) is 10.6. The zero-order valence-corrected chi connectivity index (χ0v) is 17.9. The van der Waals surface area contributed by atoms with Gasteiger partial charge in [0.15, 0.2) is 5.82 Å². The summed E-state index contributed by atoms with van der Waals surface area (Å²) < 4.78 is 5.21. The predicted octanol–water partition coefficient (Wildman–Crippen LogP) is 2.58. The van der Waals surface area contributed by atoms with Gasteiger partial charge >= 0.3 is 0 Å². The summed E-state index contributed by atoms with van der Waals surface area (Å²) in [7, 11) is 2.17. The lowest BCUT2D eigenvalue weighted by molar-refractivity contribution is -0.121. The number of benzene rings is 1. The number of amides is 1. The minimum absolute atomic E-state index is 0.0510. The number of carbonyl (C=O) groups excluding carboxylic acids is 1. The molecular formula is C22H33N5O2. The van der Waals surface area contributed by atoms with Crippen LogP contribution in [0.15, 0.2) is 28.8 Å². The fourth-order valence-corrected chi connectivity index (χ4v) is 3.32. The smallest absolute Gasteiger partial charge is 0.226 e. The lowest BCUT2D eigenvalue weighted by Gasteiger charge is -2.32. The number of nitrogens with one attached hydrogen (secondary N) is 1. The molecule has 0 spiro atoms. The van der Waals surface area contributed by atoms with Gasteiger partial charge in [-0.1, -0.05) is 43.3 Å². The largest absolute Gasteiger partial charge is 0.352 e. The van der Waals surface area contributed by atoms with E-state index in [0.29, 0.717) is 31.7 Å². The molecule has 158 valence electrons. The molecule has 0 atom stereocenters. The van der Waals surface area contributed by atoms with Crippen LogP contribution in [-0.4, -0.2) is 59.1 Å². The molecule has 7 heteroatoms. The van der Waals surface area contributed by atoms with Gasteiger partial charge in [0.25, 0.3) is 0 Å². The maximum atomic E-state index is 12.1. The topological polar surface area (TPSA) is 74.5 Å². The van der Waals surface area contributed by atoms with Crippen molar-refractivity contribution in [1.82, 2.24) is 25.3 Å². The Morgan fingerprint density at radius 3 is 2.48 bits per heavy atom. The molecule has 0 saturated carbocycles. The van der Waals surface area contributed by atoms with Gasteiger partial charge in [0, 0.05) is 58.0 Å². The molecule has 0 radical (unpaired) electrons. The quantitative estimate of drug-likeness (QED) is 0.699. The van der Waals surface area contributed by atoms with Crippen LogP contribution in [0.4, 0.5) is 0 Å². The molecule has 0 unspecified atom stereocenters. The van der Waals surface area contributed by atoms with Gasteiger partial charge in [0.2, 0.25) is 11.8 Å². The molecule has 1 aliphatic rings. The van der Waals surface area contributed by atoms with E-state index in [1.54, 1.807) is 0 Å². The number of carbonyl (C=O) groups is 1. The van der Waals surface area contributed by atoms with Crippen molar-refractivity contribution >= 4 is 5.91 Å². The fourth-order valence-electron chi connectivity index (χ4n) is 3.32. The van der Waals surface area contributed by atoms with Gasteiger partial charge in [0.1, 0.15) is 0 Å². The maximum Gasteiger partial charge on any atom is 0.226 e. The van der Waals surface area contributed by atoms with Crippen LogP contribution in [0.1, 0.15) is 55.4 Å². The van der Waals surface area contributed by atoms with Crippen molar-refractivity contribution in [2.45, 2.75) is 52.1 Å². The van der Waals surface area contributed by atoms with E-state index < -0.39 is 0 Å².